The first-order valence-electron chi connectivity index (χ1n) is 4.21. The van der Waals surface area contributed by atoms with E-state index in [1.54, 1.807) is 7.11 Å². The average molecular weight is 158 g/mol. The summed E-state index contributed by atoms with van der Waals surface area (Å²) in [6.45, 7) is 6.29. The van der Waals surface area contributed by atoms with E-state index in [2.05, 4.69) is 11.8 Å². The number of hydrogen-bond donors (Lipinski definition) is 1. The van der Waals surface area contributed by atoms with Crippen molar-refractivity contribution in [2.75, 3.05) is 33.3 Å². The Bertz CT molecular complexity index is 113. The van der Waals surface area contributed by atoms with E-state index >= 15 is 0 Å². The van der Waals surface area contributed by atoms with Crippen LogP contribution < -0.4 is 5.73 Å². The second-order valence-corrected chi connectivity index (χ2v) is 3.37. The molecule has 0 spiro atoms. The maximum absolute atomic E-state index is 5.50. The highest BCUT2D eigenvalue weighted by Gasteiger charge is 2.25. The molecule has 0 saturated carbocycles. The monoisotopic (exact) mass is 158 g/mol. The van der Waals surface area contributed by atoms with E-state index in [0.717, 1.165) is 32.1 Å². The fourth-order valence-corrected chi connectivity index (χ4v) is 1.41. The van der Waals surface area contributed by atoms with E-state index in [4.69, 9.17) is 10.5 Å². The summed E-state index contributed by atoms with van der Waals surface area (Å²) in [5.74, 6) is 0.735. The van der Waals surface area contributed by atoms with Gasteiger partial charge in [-0.25, -0.2) is 0 Å². The fourth-order valence-electron chi connectivity index (χ4n) is 1.41. The molecule has 1 heterocycles. The molecule has 1 aliphatic rings. The van der Waals surface area contributed by atoms with Gasteiger partial charge in [-0.3, -0.25) is 0 Å². The van der Waals surface area contributed by atoms with Gasteiger partial charge >= 0.3 is 0 Å². The van der Waals surface area contributed by atoms with Gasteiger partial charge in [0.25, 0.3) is 0 Å². The molecule has 0 aromatic heterocycles. The molecular formula is C8H18N2O. The quantitative estimate of drug-likeness (QED) is 0.621. The first kappa shape index (κ1) is 8.97. The standard InChI is InChI=1S/C8H18N2O/c1-7(11-2)4-10-5-8(3-9)6-10/h7-8H,3-6,9H2,1-2H3. The number of nitrogens with two attached hydrogens (primary N) is 1. The van der Waals surface area contributed by atoms with Crippen LogP contribution in [-0.4, -0.2) is 44.3 Å². The summed E-state index contributed by atoms with van der Waals surface area (Å²) in [6, 6.07) is 0. The third-order valence-corrected chi connectivity index (χ3v) is 2.28. The molecule has 0 amide bonds. The largest absolute Gasteiger partial charge is 0.380 e. The van der Waals surface area contributed by atoms with Crippen LogP contribution >= 0.6 is 0 Å². The van der Waals surface area contributed by atoms with Crippen molar-refractivity contribution in [2.45, 2.75) is 13.0 Å². The van der Waals surface area contributed by atoms with E-state index in [9.17, 15) is 0 Å². The molecule has 0 aliphatic carbocycles. The predicted molar refractivity (Wildman–Crippen MR) is 45.5 cm³/mol. The van der Waals surface area contributed by atoms with Gasteiger partial charge < -0.3 is 15.4 Å². The molecule has 0 bridgehead atoms. The summed E-state index contributed by atoms with van der Waals surface area (Å²) in [7, 11) is 1.75. The third kappa shape index (κ3) is 2.43. The molecule has 2 N–H and O–H groups in total. The second kappa shape index (κ2) is 4.04. The van der Waals surface area contributed by atoms with Gasteiger partial charge in [-0.05, 0) is 19.4 Å². The minimum Gasteiger partial charge on any atom is -0.380 e. The van der Waals surface area contributed by atoms with Gasteiger partial charge in [0.05, 0.1) is 6.10 Å². The Hall–Kier alpha value is -0.120. The number of likely N-dealkylation sites (tertiary alicyclic amines) is 1. The maximum atomic E-state index is 5.50. The molecule has 1 fully saturated rings. The molecule has 1 unspecified atom stereocenters. The number of methoxy groups -OCH3 is 1. The zero-order valence-electron chi connectivity index (χ0n) is 7.42. The summed E-state index contributed by atoms with van der Waals surface area (Å²) < 4.78 is 5.15. The SMILES string of the molecule is COC(C)CN1CC(CN)C1. The van der Waals surface area contributed by atoms with Crippen LogP contribution in [0.2, 0.25) is 0 Å². The normalized spacial score (nSPS) is 23.2. The molecule has 3 nitrogen and oxygen atoms in total. The topological polar surface area (TPSA) is 38.5 Å². The average Bonchev–Trinajstić information content (AvgIpc) is 1.95. The molecule has 1 rings (SSSR count). The van der Waals surface area contributed by atoms with Crippen LogP contribution in [-0.2, 0) is 4.74 Å². The Morgan fingerprint density at radius 2 is 2.27 bits per heavy atom. The van der Waals surface area contributed by atoms with Crippen LogP contribution in [0.4, 0.5) is 0 Å². The van der Waals surface area contributed by atoms with Crippen LogP contribution in [0, 0.1) is 5.92 Å². The van der Waals surface area contributed by atoms with E-state index in [-0.39, 0.29) is 0 Å². The summed E-state index contributed by atoms with van der Waals surface area (Å²) in [5.41, 5.74) is 5.50. The lowest BCUT2D eigenvalue weighted by Gasteiger charge is -2.39. The van der Waals surface area contributed by atoms with E-state index in [1.807, 2.05) is 0 Å². The van der Waals surface area contributed by atoms with Crippen molar-refractivity contribution in [1.82, 2.24) is 4.90 Å². The van der Waals surface area contributed by atoms with Gasteiger partial charge in [-0.15, -0.1) is 0 Å². The Morgan fingerprint density at radius 3 is 2.73 bits per heavy atom. The van der Waals surface area contributed by atoms with Crippen molar-refractivity contribution in [3.05, 3.63) is 0 Å². The Balaban J connectivity index is 2.04. The third-order valence-electron chi connectivity index (χ3n) is 2.28. The molecule has 3 heteroatoms. The van der Waals surface area contributed by atoms with Gasteiger partial charge in [0.1, 0.15) is 0 Å². The second-order valence-electron chi connectivity index (χ2n) is 3.37. The van der Waals surface area contributed by atoms with Gasteiger partial charge in [0, 0.05) is 26.7 Å². The van der Waals surface area contributed by atoms with Gasteiger partial charge in [0.2, 0.25) is 0 Å². The van der Waals surface area contributed by atoms with E-state index < -0.39 is 0 Å². The predicted octanol–water partition coefficient (Wildman–Crippen LogP) is -0.0882. The van der Waals surface area contributed by atoms with E-state index in [0.29, 0.717) is 6.10 Å². The molecule has 0 aromatic carbocycles. The van der Waals surface area contributed by atoms with Crippen LogP contribution in [0.15, 0.2) is 0 Å². The molecule has 1 atom stereocenters. The first-order chi connectivity index (χ1) is 5.26. The van der Waals surface area contributed by atoms with Gasteiger partial charge in [-0.2, -0.15) is 0 Å². The Labute approximate surface area is 68.5 Å². The van der Waals surface area contributed by atoms with Crippen molar-refractivity contribution in [3.8, 4) is 0 Å². The summed E-state index contributed by atoms with van der Waals surface area (Å²) >= 11 is 0. The van der Waals surface area contributed by atoms with Crippen LogP contribution in [0.3, 0.4) is 0 Å². The molecule has 0 radical (unpaired) electrons. The smallest absolute Gasteiger partial charge is 0.0670 e. The zero-order valence-corrected chi connectivity index (χ0v) is 7.42. The number of hydrogen-bond acceptors (Lipinski definition) is 3. The number of ether oxygens (including phenoxy) is 1. The molecule has 0 aromatic rings. The van der Waals surface area contributed by atoms with Crippen molar-refractivity contribution in [2.24, 2.45) is 11.7 Å². The minimum atomic E-state index is 0.355. The van der Waals surface area contributed by atoms with E-state index in [1.165, 1.54) is 0 Å². The lowest BCUT2D eigenvalue weighted by molar-refractivity contribution is 0.0278. The highest BCUT2D eigenvalue weighted by atomic mass is 16.5. The molecular weight excluding hydrogens is 140 g/mol. The van der Waals surface area contributed by atoms with Crippen LogP contribution in [0.25, 0.3) is 0 Å². The molecule has 11 heavy (non-hydrogen) atoms. The Morgan fingerprint density at radius 1 is 1.64 bits per heavy atom. The highest BCUT2D eigenvalue weighted by Crippen LogP contribution is 2.14. The summed E-state index contributed by atoms with van der Waals surface area (Å²) in [4.78, 5) is 2.38. The van der Waals surface area contributed by atoms with Gasteiger partial charge in [0.15, 0.2) is 0 Å². The zero-order chi connectivity index (χ0) is 8.27. The maximum Gasteiger partial charge on any atom is 0.0670 e. The van der Waals surface area contributed by atoms with Crippen LogP contribution in [0.1, 0.15) is 6.92 Å². The number of nitrogens with zero attached hydrogens (tertiary/aromatic N) is 1. The van der Waals surface area contributed by atoms with Crippen molar-refractivity contribution < 1.29 is 4.74 Å². The molecule has 1 aliphatic heterocycles. The van der Waals surface area contributed by atoms with Crippen LogP contribution in [0.5, 0.6) is 0 Å². The molecule has 66 valence electrons. The number of rotatable bonds is 4. The summed E-state index contributed by atoms with van der Waals surface area (Å²) in [6.07, 6.45) is 0.355. The van der Waals surface area contributed by atoms with Crippen molar-refractivity contribution in [1.29, 1.82) is 0 Å². The van der Waals surface area contributed by atoms with Crippen molar-refractivity contribution >= 4 is 0 Å². The van der Waals surface area contributed by atoms with Crippen molar-refractivity contribution in [3.63, 3.8) is 0 Å². The highest BCUT2D eigenvalue weighted by molar-refractivity contribution is 4.81. The Kier molecular flexibility index (Phi) is 3.30. The molecule has 1 saturated heterocycles. The fraction of sp³-hybridized carbons (Fsp3) is 1.00. The minimum absolute atomic E-state index is 0.355. The lowest BCUT2D eigenvalue weighted by Crippen LogP contribution is -2.52. The van der Waals surface area contributed by atoms with Gasteiger partial charge in [-0.1, -0.05) is 0 Å². The lowest BCUT2D eigenvalue weighted by atomic mass is 10.0. The first-order valence-corrected chi connectivity index (χ1v) is 4.21. The summed E-state index contributed by atoms with van der Waals surface area (Å²) in [5, 5.41) is 0.